The lowest BCUT2D eigenvalue weighted by molar-refractivity contribution is -0.0849. The predicted octanol–water partition coefficient (Wildman–Crippen LogP) is 3.58. The second-order valence-electron chi connectivity index (χ2n) is 7.11. The van der Waals surface area contributed by atoms with Gasteiger partial charge in [0.15, 0.2) is 0 Å². The summed E-state index contributed by atoms with van der Waals surface area (Å²) in [6, 6.07) is 0. The number of hydrogen-bond acceptors (Lipinski definition) is 1. The fraction of sp³-hybridized carbons (Fsp3) is 1.00. The molecular weight excluding hydrogens is 194 g/mol. The van der Waals surface area contributed by atoms with Gasteiger partial charge in [0.1, 0.15) is 0 Å². The third-order valence-corrected chi connectivity index (χ3v) is 5.97. The Morgan fingerprint density at radius 2 is 1.56 bits per heavy atom. The molecule has 0 amide bonds. The van der Waals surface area contributed by atoms with E-state index < -0.39 is 0 Å². The highest BCUT2D eigenvalue weighted by atomic mass is 14.6. The summed E-state index contributed by atoms with van der Waals surface area (Å²) in [7, 11) is 0. The second kappa shape index (κ2) is 4.01. The quantitative estimate of drug-likeness (QED) is 0.771. The van der Waals surface area contributed by atoms with Crippen LogP contribution in [0.25, 0.3) is 0 Å². The molecule has 16 heavy (non-hydrogen) atoms. The van der Waals surface area contributed by atoms with E-state index in [1.807, 2.05) is 0 Å². The molecule has 92 valence electrons. The minimum atomic E-state index is 0.754. The van der Waals surface area contributed by atoms with Crippen molar-refractivity contribution in [1.82, 2.24) is 0 Å². The van der Waals surface area contributed by atoms with E-state index >= 15 is 0 Å². The molecule has 0 aromatic carbocycles. The molecule has 1 unspecified atom stereocenters. The van der Waals surface area contributed by atoms with Crippen molar-refractivity contribution in [3.63, 3.8) is 0 Å². The van der Waals surface area contributed by atoms with E-state index in [1.165, 1.54) is 12.8 Å². The smallest absolute Gasteiger partial charge is 0.00772 e. The minimum Gasteiger partial charge on any atom is -0.330 e. The zero-order chi connectivity index (χ0) is 11.2. The van der Waals surface area contributed by atoms with E-state index in [2.05, 4.69) is 6.92 Å². The van der Waals surface area contributed by atoms with Crippen LogP contribution in [0.5, 0.6) is 0 Å². The normalized spacial score (nSPS) is 47.2. The summed E-state index contributed by atoms with van der Waals surface area (Å²) in [6.07, 6.45) is 12.0. The maximum absolute atomic E-state index is 5.67. The molecule has 0 aliphatic heterocycles. The molecule has 0 spiro atoms. The van der Waals surface area contributed by atoms with Crippen LogP contribution < -0.4 is 5.73 Å². The van der Waals surface area contributed by atoms with Crippen LogP contribution in [0.1, 0.15) is 58.3 Å². The number of nitrogens with two attached hydrogens (primary N) is 1. The van der Waals surface area contributed by atoms with Crippen LogP contribution in [0.4, 0.5) is 0 Å². The SMILES string of the molecule is CC(CCCN)C12CC3CC(CC(C3)C1)C2. The Kier molecular flexibility index (Phi) is 2.78. The zero-order valence-electron chi connectivity index (χ0n) is 10.8. The van der Waals surface area contributed by atoms with Crippen LogP contribution in [0.3, 0.4) is 0 Å². The minimum absolute atomic E-state index is 0.754. The molecule has 0 aromatic heterocycles. The van der Waals surface area contributed by atoms with Crippen LogP contribution in [0, 0.1) is 29.1 Å². The third kappa shape index (κ3) is 1.72. The van der Waals surface area contributed by atoms with E-state index in [9.17, 15) is 0 Å². The first-order chi connectivity index (χ1) is 7.72. The molecule has 0 radical (unpaired) electrons. The van der Waals surface area contributed by atoms with Crippen LogP contribution in [-0.2, 0) is 0 Å². The average Bonchev–Trinajstić information content (AvgIpc) is 2.24. The van der Waals surface area contributed by atoms with Crippen molar-refractivity contribution in [2.24, 2.45) is 34.8 Å². The molecule has 4 aliphatic rings. The summed E-state index contributed by atoms with van der Waals surface area (Å²) in [5, 5.41) is 0. The summed E-state index contributed by atoms with van der Waals surface area (Å²) >= 11 is 0. The number of hydrogen-bond donors (Lipinski definition) is 1. The molecular formula is C15H27N. The van der Waals surface area contributed by atoms with E-state index in [4.69, 9.17) is 5.73 Å². The zero-order valence-corrected chi connectivity index (χ0v) is 10.8. The van der Waals surface area contributed by atoms with Gasteiger partial charge in [-0.25, -0.2) is 0 Å². The van der Waals surface area contributed by atoms with Gasteiger partial charge in [-0.05, 0) is 87.0 Å². The van der Waals surface area contributed by atoms with Gasteiger partial charge in [-0.15, -0.1) is 0 Å². The lowest BCUT2D eigenvalue weighted by Gasteiger charge is -2.59. The van der Waals surface area contributed by atoms with Crippen molar-refractivity contribution in [1.29, 1.82) is 0 Å². The summed E-state index contributed by atoms with van der Waals surface area (Å²) in [5.41, 5.74) is 6.42. The summed E-state index contributed by atoms with van der Waals surface area (Å²) in [5.74, 6) is 4.24. The maximum atomic E-state index is 5.67. The van der Waals surface area contributed by atoms with Gasteiger partial charge < -0.3 is 5.73 Å². The van der Waals surface area contributed by atoms with Crippen molar-refractivity contribution >= 4 is 0 Å². The van der Waals surface area contributed by atoms with Gasteiger partial charge in [-0.1, -0.05) is 6.92 Å². The van der Waals surface area contributed by atoms with Crippen LogP contribution >= 0.6 is 0 Å². The molecule has 4 fully saturated rings. The first-order valence-corrected chi connectivity index (χ1v) is 7.42. The average molecular weight is 221 g/mol. The standard InChI is InChI=1S/C15H27N/c1-11(3-2-4-16)15-8-12-5-13(9-15)7-14(6-12)10-15/h11-14H,2-10,16H2,1H3. The van der Waals surface area contributed by atoms with Gasteiger partial charge in [-0.3, -0.25) is 0 Å². The van der Waals surface area contributed by atoms with Gasteiger partial charge in [0, 0.05) is 0 Å². The Bertz CT molecular complexity index is 223. The first kappa shape index (κ1) is 11.1. The number of rotatable bonds is 4. The molecule has 0 heterocycles. The fourth-order valence-corrected chi connectivity index (χ4v) is 5.51. The topological polar surface area (TPSA) is 26.0 Å². The second-order valence-corrected chi connectivity index (χ2v) is 7.11. The molecule has 1 nitrogen and oxygen atoms in total. The van der Waals surface area contributed by atoms with Crippen LogP contribution in [0.15, 0.2) is 0 Å². The molecule has 0 aromatic rings. The Morgan fingerprint density at radius 1 is 1.06 bits per heavy atom. The Morgan fingerprint density at radius 3 is 2.00 bits per heavy atom. The lowest BCUT2D eigenvalue weighted by atomic mass is 9.46. The van der Waals surface area contributed by atoms with Gasteiger partial charge in [0.2, 0.25) is 0 Å². The molecule has 2 N–H and O–H groups in total. The predicted molar refractivity (Wildman–Crippen MR) is 68.1 cm³/mol. The van der Waals surface area contributed by atoms with Crippen molar-refractivity contribution in [3.05, 3.63) is 0 Å². The summed E-state index contributed by atoms with van der Waals surface area (Å²) < 4.78 is 0. The lowest BCUT2D eigenvalue weighted by Crippen LogP contribution is -2.49. The Labute approximate surface area is 100 Å². The van der Waals surface area contributed by atoms with Crippen LogP contribution in [-0.4, -0.2) is 6.54 Å². The van der Waals surface area contributed by atoms with Gasteiger partial charge in [0.05, 0.1) is 0 Å². The Hall–Kier alpha value is -0.0400. The fourth-order valence-electron chi connectivity index (χ4n) is 5.51. The molecule has 4 saturated carbocycles. The van der Waals surface area contributed by atoms with E-state index in [0.29, 0.717) is 0 Å². The molecule has 4 aliphatic carbocycles. The highest BCUT2D eigenvalue weighted by molar-refractivity contribution is 5.03. The Balaban J connectivity index is 1.72. The summed E-state index contributed by atoms with van der Waals surface area (Å²) in [6.45, 7) is 3.40. The van der Waals surface area contributed by atoms with E-state index in [0.717, 1.165) is 35.6 Å². The highest BCUT2D eigenvalue weighted by Crippen LogP contribution is 2.63. The van der Waals surface area contributed by atoms with Crippen molar-refractivity contribution in [2.75, 3.05) is 6.54 Å². The summed E-state index contributed by atoms with van der Waals surface area (Å²) in [4.78, 5) is 0. The molecule has 1 atom stereocenters. The molecule has 4 rings (SSSR count). The monoisotopic (exact) mass is 221 g/mol. The first-order valence-electron chi connectivity index (χ1n) is 7.42. The largest absolute Gasteiger partial charge is 0.330 e. The van der Waals surface area contributed by atoms with E-state index in [1.54, 1.807) is 38.5 Å². The highest BCUT2D eigenvalue weighted by Gasteiger charge is 2.52. The van der Waals surface area contributed by atoms with Gasteiger partial charge >= 0.3 is 0 Å². The molecule has 1 heteroatoms. The van der Waals surface area contributed by atoms with Crippen molar-refractivity contribution in [3.8, 4) is 0 Å². The van der Waals surface area contributed by atoms with Crippen molar-refractivity contribution in [2.45, 2.75) is 58.3 Å². The molecule has 0 saturated heterocycles. The van der Waals surface area contributed by atoms with Crippen LogP contribution in [0.2, 0.25) is 0 Å². The molecule has 4 bridgehead atoms. The van der Waals surface area contributed by atoms with Gasteiger partial charge in [-0.2, -0.15) is 0 Å². The van der Waals surface area contributed by atoms with E-state index in [-0.39, 0.29) is 0 Å². The van der Waals surface area contributed by atoms with Gasteiger partial charge in [0.25, 0.3) is 0 Å². The maximum Gasteiger partial charge on any atom is -0.00772 e. The third-order valence-electron chi connectivity index (χ3n) is 5.97. The van der Waals surface area contributed by atoms with Crippen molar-refractivity contribution < 1.29 is 0 Å².